The zero-order chi connectivity index (χ0) is 15.3. The Morgan fingerprint density at radius 3 is 2.52 bits per heavy atom. The summed E-state index contributed by atoms with van der Waals surface area (Å²) in [6, 6.07) is 17.0. The van der Waals surface area contributed by atoms with Crippen LogP contribution in [0.2, 0.25) is 5.02 Å². The molecule has 3 nitrogen and oxygen atoms in total. The molecule has 0 aliphatic heterocycles. The van der Waals surface area contributed by atoms with Crippen LogP contribution in [0.4, 0.5) is 5.69 Å². The van der Waals surface area contributed by atoms with E-state index in [4.69, 9.17) is 11.6 Å². The number of carbonyl (C=O) groups is 1. The molecule has 0 aromatic heterocycles. The highest BCUT2D eigenvalue weighted by molar-refractivity contribution is 6.30. The molecule has 21 heavy (non-hydrogen) atoms. The average Bonchev–Trinajstić information content (AvgIpc) is 2.46. The number of hydrogen-bond donors (Lipinski definition) is 2. The molecule has 0 saturated carbocycles. The molecule has 0 heterocycles. The van der Waals surface area contributed by atoms with Crippen LogP contribution in [0.3, 0.4) is 0 Å². The van der Waals surface area contributed by atoms with E-state index in [-0.39, 0.29) is 0 Å². The van der Waals surface area contributed by atoms with E-state index >= 15 is 0 Å². The lowest BCUT2D eigenvalue weighted by molar-refractivity contribution is -0.141. The third-order valence-corrected chi connectivity index (χ3v) is 3.71. The molecule has 2 rings (SSSR count). The summed E-state index contributed by atoms with van der Waals surface area (Å²) in [5.74, 6) is -0.876. The van der Waals surface area contributed by atoms with Crippen molar-refractivity contribution in [3.8, 4) is 0 Å². The quantitative estimate of drug-likeness (QED) is 0.839. The molecule has 0 aliphatic rings. The second-order valence-corrected chi connectivity index (χ2v) is 5.69. The zero-order valence-electron chi connectivity index (χ0n) is 11.8. The van der Waals surface area contributed by atoms with Crippen molar-refractivity contribution < 1.29 is 9.90 Å². The minimum absolute atomic E-state index is 0.485. The third-order valence-electron chi connectivity index (χ3n) is 3.47. The summed E-state index contributed by atoms with van der Waals surface area (Å²) in [6.07, 6.45) is 1.18. The first kappa shape index (κ1) is 15.4. The van der Waals surface area contributed by atoms with Crippen LogP contribution in [-0.4, -0.2) is 16.6 Å². The molecule has 110 valence electrons. The van der Waals surface area contributed by atoms with Gasteiger partial charge < -0.3 is 10.4 Å². The normalized spacial score (nSPS) is 13.4. The van der Waals surface area contributed by atoms with Gasteiger partial charge >= 0.3 is 5.97 Å². The number of aliphatic carboxylic acids is 1. The van der Waals surface area contributed by atoms with Gasteiger partial charge in [-0.15, -0.1) is 0 Å². The predicted octanol–water partition coefficient (Wildman–Crippen LogP) is 4.23. The van der Waals surface area contributed by atoms with Gasteiger partial charge in [0, 0.05) is 10.7 Å². The van der Waals surface area contributed by atoms with Crippen molar-refractivity contribution in [2.75, 3.05) is 5.32 Å². The first-order valence-electron chi connectivity index (χ1n) is 6.81. The van der Waals surface area contributed by atoms with E-state index in [2.05, 4.69) is 5.32 Å². The molecule has 0 fully saturated rings. The maximum Gasteiger partial charge on any atom is 0.329 e. The molecule has 2 N–H and O–H groups in total. The van der Waals surface area contributed by atoms with Crippen LogP contribution in [0, 0.1) is 0 Å². The summed E-state index contributed by atoms with van der Waals surface area (Å²) in [7, 11) is 0. The number of hydrogen-bond acceptors (Lipinski definition) is 2. The van der Waals surface area contributed by atoms with E-state index in [1.165, 1.54) is 0 Å². The highest BCUT2D eigenvalue weighted by Crippen LogP contribution is 2.23. The van der Waals surface area contributed by atoms with Crippen molar-refractivity contribution in [2.45, 2.75) is 25.3 Å². The van der Waals surface area contributed by atoms with Gasteiger partial charge in [0.1, 0.15) is 5.54 Å². The lowest BCUT2D eigenvalue weighted by Gasteiger charge is -2.27. The van der Waals surface area contributed by atoms with Crippen LogP contribution >= 0.6 is 11.6 Å². The molecule has 0 aliphatic carbocycles. The smallest absolute Gasteiger partial charge is 0.329 e. The van der Waals surface area contributed by atoms with Crippen LogP contribution in [-0.2, 0) is 11.2 Å². The number of anilines is 1. The first-order valence-corrected chi connectivity index (χ1v) is 7.18. The van der Waals surface area contributed by atoms with Crippen LogP contribution < -0.4 is 5.32 Å². The number of benzene rings is 2. The summed E-state index contributed by atoms with van der Waals surface area (Å²) >= 11 is 5.94. The summed E-state index contributed by atoms with van der Waals surface area (Å²) < 4.78 is 0. The molecule has 0 bridgehead atoms. The molecular formula is C17H18ClNO2. The number of rotatable bonds is 6. The van der Waals surface area contributed by atoms with Crippen LogP contribution in [0.1, 0.15) is 18.9 Å². The van der Waals surface area contributed by atoms with Crippen LogP contribution in [0.15, 0.2) is 54.6 Å². The SMILES string of the molecule is CC(CCc1ccccc1)(Nc1cccc(Cl)c1)C(=O)O. The number of halogens is 1. The van der Waals surface area contributed by atoms with Crippen molar-refractivity contribution in [3.05, 3.63) is 65.2 Å². The molecule has 1 unspecified atom stereocenters. The van der Waals surface area contributed by atoms with Gasteiger partial charge in [0.05, 0.1) is 0 Å². The summed E-state index contributed by atoms with van der Waals surface area (Å²) in [5.41, 5.74) is 0.791. The Balaban J connectivity index is 2.11. The second-order valence-electron chi connectivity index (χ2n) is 5.26. The Kier molecular flexibility index (Phi) is 4.86. The standard InChI is InChI=1S/C17H18ClNO2/c1-17(16(20)21,11-10-13-6-3-2-4-7-13)19-15-9-5-8-14(18)12-15/h2-9,12,19H,10-11H2,1H3,(H,20,21). The molecular weight excluding hydrogens is 286 g/mol. The van der Waals surface area contributed by atoms with Gasteiger partial charge in [0.15, 0.2) is 0 Å². The van der Waals surface area contributed by atoms with E-state index in [9.17, 15) is 9.90 Å². The molecule has 2 aromatic carbocycles. The van der Waals surface area contributed by atoms with Crippen LogP contribution in [0.25, 0.3) is 0 Å². The van der Waals surface area contributed by atoms with E-state index in [0.29, 0.717) is 23.6 Å². The number of carboxylic acids is 1. The van der Waals surface area contributed by atoms with Crippen molar-refractivity contribution in [2.24, 2.45) is 0 Å². The molecule has 4 heteroatoms. The predicted molar refractivity (Wildman–Crippen MR) is 85.9 cm³/mol. The Bertz CT molecular complexity index is 615. The van der Waals surface area contributed by atoms with E-state index < -0.39 is 11.5 Å². The molecule has 2 aromatic rings. The van der Waals surface area contributed by atoms with Crippen molar-refractivity contribution in [1.82, 2.24) is 0 Å². The van der Waals surface area contributed by atoms with Gasteiger partial charge in [0.2, 0.25) is 0 Å². The lowest BCUT2D eigenvalue weighted by Crippen LogP contribution is -2.43. The number of aryl methyl sites for hydroxylation is 1. The van der Waals surface area contributed by atoms with Crippen LogP contribution in [0.5, 0.6) is 0 Å². The van der Waals surface area contributed by atoms with Gasteiger partial charge in [-0.3, -0.25) is 0 Å². The molecule has 0 spiro atoms. The minimum atomic E-state index is -1.04. The minimum Gasteiger partial charge on any atom is -0.480 e. The Labute approximate surface area is 129 Å². The summed E-state index contributed by atoms with van der Waals surface area (Å²) in [4.78, 5) is 11.6. The molecule has 0 amide bonds. The number of carboxylic acid groups (broad SMARTS) is 1. The Morgan fingerprint density at radius 1 is 1.19 bits per heavy atom. The fourth-order valence-electron chi connectivity index (χ4n) is 2.15. The van der Waals surface area contributed by atoms with Gasteiger partial charge in [0.25, 0.3) is 0 Å². The maximum atomic E-state index is 11.6. The van der Waals surface area contributed by atoms with E-state index in [0.717, 1.165) is 5.56 Å². The van der Waals surface area contributed by atoms with Gasteiger partial charge in [-0.2, -0.15) is 0 Å². The third kappa shape index (κ3) is 4.23. The van der Waals surface area contributed by atoms with Gasteiger partial charge in [-0.1, -0.05) is 48.0 Å². The molecule has 0 radical (unpaired) electrons. The monoisotopic (exact) mass is 303 g/mol. The fraction of sp³-hybridized carbons (Fsp3) is 0.235. The van der Waals surface area contributed by atoms with Crippen molar-refractivity contribution >= 4 is 23.3 Å². The largest absolute Gasteiger partial charge is 0.480 e. The Hall–Kier alpha value is -2.00. The zero-order valence-corrected chi connectivity index (χ0v) is 12.6. The van der Waals surface area contributed by atoms with Crippen molar-refractivity contribution in [3.63, 3.8) is 0 Å². The molecule has 0 saturated heterocycles. The topological polar surface area (TPSA) is 49.3 Å². The van der Waals surface area contributed by atoms with E-state index in [1.807, 2.05) is 36.4 Å². The maximum absolute atomic E-state index is 11.6. The highest BCUT2D eigenvalue weighted by atomic mass is 35.5. The van der Waals surface area contributed by atoms with Gasteiger partial charge in [-0.25, -0.2) is 4.79 Å². The number of nitrogens with one attached hydrogen (secondary N) is 1. The highest BCUT2D eigenvalue weighted by Gasteiger charge is 2.32. The fourth-order valence-corrected chi connectivity index (χ4v) is 2.34. The average molecular weight is 304 g/mol. The lowest BCUT2D eigenvalue weighted by atomic mass is 9.93. The van der Waals surface area contributed by atoms with Gasteiger partial charge in [-0.05, 0) is 43.5 Å². The Morgan fingerprint density at radius 2 is 1.90 bits per heavy atom. The summed E-state index contributed by atoms with van der Waals surface area (Å²) in [5, 5.41) is 13.2. The van der Waals surface area contributed by atoms with Crippen molar-refractivity contribution in [1.29, 1.82) is 0 Å². The first-order chi connectivity index (χ1) is 9.99. The second kappa shape index (κ2) is 6.64. The molecule has 1 atom stereocenters. The van der Waals surface area contributed by atoms with E-state index in [1.54, 1.807) is 25.1 Å². The summed E-state index contributed by atoms with van der Waals surface area (Å²) in [6.45, 7) is 1.69.